The summed E-state index contributed by atoms with van der Waals surface area (Å²) in [5.41, 5.74) is 14.7. The quantitative estimate of drug-likeness (QED) is 0.637. The first-order valence-electron chi connectivity index (χ1n) is 6.83. The predicted molar refractivity (Wildman–Crippen MR) is 88.9 cm³/mol. The van der Waals surface area contributed by atoms with Crippen LogP contribution in [0.15, 0.2) is 66.7 Å². The highest BCUT2D eigenvalue weighted by Crippen LogP contribution is 2.28. The van der Waals surface area contributed by atoms with E-state index in [4.69, 9.17) is 16.2 Å². The average molecular weight is 292 g/mol. The number of hydrogen-bond donors (Lipinski definition) is 3. The molecule has 0 saturated heterocycles. The summed E-state index contributed by atoms with van der Waals surface area (Å²) >= 11 is 0. The van der Waals surface area contributed by atoms with Crippen molar-refractivity contribution in [3.63, 3.8) is 0 Å². The molecule has 0 atom stereocenters. The Bertz CT molecular complexity index is 761. The Morgan fingerprint density at radius 3 is 1.68 bits per heavy atom. The number of phenolic OH excluding ortho intramolecular Hbond substituents is 1. The van der Waals surface area contributed by atoms with Crippen molar-refractivity contribution in [1.82, 2.24) is 0 Å². The molecule has 0 aliphatic heterocycles. The summed E-state index contributed by atoms with van der Waals surface area (Å²) in [6.07, 6.45) is 0. The van der Waals surface area contributed by atoms with Gasteiger partial charge in [-0.2, -0.15) is 0 Å². The normalized spacial score (nSPS) is 10.4. The summed E-state index contributed by atoms with van der Waals surface area (Å²) in [6, 6.07) is 19.9. The molecule has 3 aromatic rings. The van der Waals surface area contributed by atoms with Crippen LogP contribution in [0.25, 0.3) is 11.1 Å². The molecule has 0 heterocycles. The van der Waals surface area contributed by atoms with Gasteiger partial charge < -0.3 is 21.3 Å². The van der Waals surface area contributed by atoms with E-state index in [2.05, 4.69) is 0 Å². The molecule has 0 bridgehead atoms. The van der Waals surface area contributed by atoms with Crippen molar-refractivity contribution >= 4 is 11.4 Å². The fourth-order valence-corrected chi connectivity index (χ4v) is 2.21. The van der Waals surface area contributed by atoms with Gasteiger partial charge in [0.1, 0.15) is 17.2 Å². The van der Waals surface area contributed by atoms with Crippen molar-refractivity contribution in [2.45, 2.75) is 0 Å². The summed E-state index contributed by atoms with van der Waals surface area (Å²) in [4.78, 5) is 0. The summed E-state index contributed by atoms with van der Waals surface area (Å²) < 4.78 is 5.75. The first-order chi connectivity index (χ1) is 10.6. The number of ether oxygens (including phenoxy) is 1. The summed E-state index contributed by atoms with van der Waals surface area (Å²) in [7, 11) is 0. The van der Waals surface area contributed by atoms with E-state index < -0.39 is 0 Å². The number of nitrogens with two attached hydrogens (primary N) is 2. The van der Waals surface area contributed by atoms with Crippen LogP contribution in [-0.2, 0) is 0 Å². The molecule has 0 spiro atoms. The minimum atomic E-state index is 0.253. The molecule has 110 valence electrons. The van der Waals surface area contributed by atoms with E-state index in [0.717, 1.165) is 11.1 Å². The van der Waals surface area contributed by atoms with Gasteiger partial charge in [-0.15, -0.1) is 0 Å². The lowest BCUT2D eigenvalue weighted by molar-refractivity contribution is 0.475. The minimum absolute atomic E-state index is 0.253. The van der Waals surface area contributed by atoms with Crippen LogP contribution in [0.2, 0.25) is 0 Å². The number of benzene rings is 3. The summed E-state index contributed by atoms with van der Waals surface area (Å²) in [6.45, 7) is 0. The van der Waals surface area contributed by atoms with Crippen LogP contribution in [0.5, 0.6) is 17.2 Å². The van der Waals surface area contributed by atoms with Gasteiger partial charge in [0.2, 0.25) is 0 Å². The summed E-state index contributed by atoms with van der Waals surface area (Å²) in [5, 5.41) is 9.32. The lowest BCUT2D eigenvalue weighted by Gasteiger charge is -2.09. The molecule has 0 saturated carbocycles. The third kappa shape index (κ3) is 3.12. The molecule has 5 N–H and O–H groups in total. The number of phenols is 1. The average Bonchev–Trinajstić information content (AvgIpc) is 2.48. The van der Waals surface area contributed by atoms with E-state index >= 15 is 0 Å². The second-order valence-electron chi connectivity index (χ2n) is 5.01. The number of aromatic hydroxyl groups is 1. The second kappa shape index (κ2) is 5.69. The van der Waals surface area contributed by atoms with Crippen molar-refractivity contribution in [3.05, 3.63) is 66.7 Å². The summed E-state index contributed by atoms with van der Waals surface area (Å²) in [5.74, 6) is 1.56. The lowest BCUT2D eigenvalue weighted by atomic mass is 10.1. The largest absolute Gasteiger partial charge is 0.508 e. The van der Waals surface area contributed by atoms with Crippen LogP contribution in [0.1, 0.15) is 0 Å². The topological polar surface area (TPSA) is 81.5 Å². The number of hydrogen-bond acceptors (Lipinski definition) is 4. The molecular weight excluding hydrogens is 276 g/mol. The minimum Gasteiger partial charge on any atom is -0.508 e. The van der Waals surface area contributed by atoms with Crippen LogP contribution >= 0.6 is 0 Å². The first-order valence-corrected chi connectivity index (χ1v) is 6.83. The maximum absolute atomic E-state index is 9.32. The van der Waals surface area contributed by atoms with Crippen LogP contribution in [0.4, 0.5) is 11.4 Å². The van der Waals surface area contributed by atoms with Gasteiger partial charge in [0, 0.05) is 23.5 Å². The van der Waals surface area contributed by atoms with Gasteiger partial charge in [0.05, 0.1) is 0 Å². The molecule has 22 heavy (non-hydrogen) atoms. The van der Waals surface area contributed by atoms with Gasteiger partial charge in [-0.05, 0) is 41.5 Å². The van der Waals surface area contributed by atoms with Crippen LogP contribution < -0.4 is 16.2 Å². The van der Waals surface area contributed by atoms with E-state index in [1.807, 2.05) is 36.4 Å². The van der Waals surface area contributed by atoms with Crippen LogP contribution in [0, 0.1) is 0 Å². The van der Waals surface area contributed by atoms with Gasteiger partial charge in [0.25, 0.3) is 0 Å². The molecule has 0 aliphatic carbocycles. The Kier molecular flexibility index (Phi) is 3.58. The van der Waals surface area contributed by atoms with Crippen molar-refractivity contribution in [3.8, 4) is 28.4 Å². The number of anilines is 2. The van der Waals surface area contributed by atoms with E-state index in [1.54, 1.807) is 30.3 Å². The predicted octanol–water partition coefficient (Wildman–Crippen LogP) is 4.02. The molecule has 0 unspecified atom stereocenters. The highest BCUT2D eigenvalue weighted by atomic mass is 16.5. The smallest absolute Gasteiger partial charge is 0.131 e. The monoisotopic (exact) mass is 292 g/mol. The van der Waals surface area contributed by atoms with Crippen LogP contribution in [-0.4, -0.2) is 5.11 Å². The first kappa shape index (κ1) is 13.8. The van der Waals surface area contributed by atoms with E-state index in [-0.39, 0.29) is 5.75 Å². The highest BCUT2D eigenvalue weighted by molar-refractivity contribution is 5.65. The molecule has 0 aliphatic rings. The molecule has 0 fully saturated rings. The van der Waals surface area contributed by atoms with E-state index in [1.165, 1.54) is 0 Å². The van der Waals surface area contributed by atoms with Gasteiger partial charge in [-0.3, -0.25) is 0 Å². The molecule has 4 heteroatoms. The fourth-order valence-electron chi connectivity index (χ4n) is 2.21. The molecule has 3 rings (SSSR count). The van der Waals surface area contributed by atoms with Gasteiger partial charge >= 0.3 is 0 Å². The Labute approximate surface area is 128 Å². The van der Waals surface area contributed by atoms with Gasteiger partial charge in [0.15, 0.2) is 0 Å². The van der Waals surface area contributed by atoms with Crippen molar-refractivity contribution in [2.24, 2.45) is 0 Å². The molecular formula is C18H16N2O2. The lowest BCUT2D eigenvalue weighted by Crippen LogP contribution is -1.92. The standard InChI is InChI=1S/C18H16N2O2/c19-14-9-15(20)11-18(10-14)22-17-7-3-13(4-8-17)12-1-5-16(21)6-2-12/h1-11,21H,19-20H2. The maximum Gasteiger partial charge on any atom is 0.131 e. The fraction of sp³-hybridized carbons (Fsp3) is 0. The van der Waals surface area contributed by atoms with E-state index in [0.29, 0.717) is 22.9 Å². The zero-order valence-corrected chi connectivity index (χ0v) is 11.9. The maximum atomic E-state index is 9.32. The third-order valence-electron chi connectivity index (χ3n) is 3.24. The van der Waals surface area contributed by atoms with Gasteiger partial charge in [-0.1, -0.05) is 24.3 Å². The number of rotatable bonds is 3. The Balaban J connectivity index is 1.80. The Morgan fingerprint density at radius 2 is 1.14 bits per heavy atom. The zero-order chi connectivity index (χ0) is 15.5. The van der Waals surface area contributed by atoms with Crippen LogP contribution in [0.3, 0.4) is 0 Å². The van der Waals surface area contributed by atoms with Crippen molar-refractivity contribution in [1.29, 1.82) is 0 Å². The highest BCUT2D eigenvalue weighted by Gasteiger charge is 2.02. The Hall–Kier alpha value is -3.14. The second-order valence-corrected chi connectivity index (χ2v) is 5.01. The molecule has 3 aromatic carbocycles. The van der Waals surface area contributed by atoms with Crippen molar-refractivity contribution < 1.29 is 9.84 Å². The SMILES string of the molecule is Nc1cc(N)cc(Oc2ccc(-c3ccc(O)cc3)cc2)c1. The zero-order valence-electron chi connectivity index (χ0n) is 11.9. The molecule has 0 radical (unpaired) electrons. The third-order valence-corrected chi connectivity index (χ3v) is 3.24. The van der Waals surface area contributed by atoms with E-state index in [9.17, 15) is 5.11 Å². The molecule has 0 aromatic heterocycles. The van der Waals surface area contributed by atoms with Crippen molar-refractivity contribution in [2.75, 3.05) is 11.5 Å². The number of nitrogen functional groups attached to an aromatic ring is 2. The molecule has 4 nitrogen and oxygen atoms in total. The molecule has 0 amide bonds. The Morgan fingerprint density at radius 1 is 0.636 bits per heavy atom. The van der Waals surface area contributed by atoms with Gasteiger partial charge in [-0.25, -0.2) is 0 Å².